The van der Waals surface area contributed by atoms with E-state index in [1.165, 1.54) is 18.3 Å². The highest BCUT2D eigenvalue weighted by atomic mass is 19.1. The van der Waals surface area contributed by atoms with Gasteiger partial charge in [-0.1, -0.05) is 0 Å². The maximum Gasteiger partial charge on any atom is 0.257 e. The Hall–Kier alpha value is -3.27. The van der Waals surface area contributed by atoms with Crippen LogP contribution in [0.15, 0.2) is 36.8 Å². The summed E-state index contributed by atoms with van der Waals surface area (Å²) in [7, 11) is 0. The molecule has 1 N–H and O–H groups in total. The number of hydrogen-bond donors (Lipinski definition) is 1. The zero-order valence-corrected chi connectivity index (χ0v) is 17.0. The highest BCUT2D eigenvalue weighted by Crippen LogP contribution is 2.36. The van der Waals surface area contributed by atoms with Crippen LogP contribution in [0.1, 0.15) is 29.6 Å². The Labute approximate surface area is 178 Å². The van der Waals surface area contributed by atoms with Crippen LogP contribution in [0.2, 0.25) is 0 Å². The Kier molecular flexibility index (Phi) is 5.14. The van der Waals surface area contributed by atoms with Crippen molar-refractivity contribution in [3.8, 4) is 5.88 Å². The predicted octanol–water partition coefficient (Wildman–Crippen LogP) is 1.83. The van der Waals surface area contributed by atoms with Gasteiger partial charge in [-0.15, -0.1) is 0 Å². The standard InChI is InChI=1S/C21H23FN6O3/c22-15-2-3-18(23-12-15)31-14-21(5-6-21)26-20(29)16-13-24-28-8-4-17(25-19(16)28)27-7-1-10-30-11-9-27/h2-4,8,12-13H,1,5-7,9-11,14H2,(H,26,29). The molecule has 1 saturated carbocycles. The van der Waals surface area contributed by atoms with Crippen LogP contribution in [0.4, 0.5) is 10.2 Å². The fraction of sp³-hybridized carbons (Fsp3) is 0.429. The highest BCUT2D eigenvalue weighted by Gasteiger charge is 2.45. The second-order valence-electron chi connectivity index (χ2n) is 7.90. The number of amides is 1. The third-order valence-corrected chi connectivity index (χ3v) is 5.57. The molecule has 10 heteroatoms. The number of pyridine rings is 1. The third kappa shape index (κ3) is 4.29. The van der Waals surface area contributed by atoms with Gasteiger partial charge in [-0.25, -0.2) is 18.9 Å². The van der Waals surface area contributed by atoms with Crippen molar-refractivity contribution in [1.82, 2.24) is 24.9 Å². The maximum atomic E-state index is 13.0. The van der Waals surface area contributed by atoms with Gasteiger partial charge in [-0.2, -0.15) is 5.10 Å². The number of rotatable bonds is 6. The molecule has 9 nitrogen and oxygen atoms in total. The molecule has 0 unspecified atom stereocenters. The molecule has 2 fully saturated rings. The lowest BCUT2D eigenvalue weighted by Crippen LogP contribution is -2.41. The number of fused-ring (bicyclic) bond motifs is 1. The molecule has 0 aromatic carbocycles. The first kappa shape index (κ1) is 19.7. The van der Waals surface area contributed by atoms with Gasteiger partial charge in [0.1, 0.15) is 23.8 Å². The first-order valence-corrected chi connectivity index (χ1v) is 10.4. The predicted molar refractivity (Wildman–Crippen MR) is 110 cm³/mol. The van der Waals surface area contributed by atoms with Crippen LogP contribution in [-0.4, -0.2) is 63.9 Å². The first-order valence-electron chi connectivity index (χ1n) is 10.4. The summed E-state index contributed by atoms with van der Waals surface area (Å²) in [6.07, 6.45) is 6.98. The molecule has 2 aliphatic rings. The second-order valence-corrected chi connectivity index (χ2v) is 7.90. The number of nitrogens with one attached hydrogen (secondary N) is 1. The smallest absolute Gasteiger partial charge is 0.257 e. The number of aromatic nitrogens is 4. The molecule has 3 aromatic heterocycles. The van der Waals surface area contributed by atoms with Gasteiger partial charge in [-0.05, 0) is 31.4 Å². The summed E-state index contributed by atoms with van der Waals surface area (Å²) in [4.78, 5) is 23.8. The molecule has 162 valence electrons. The third-order valence-electron chi connectivity index (χ3n) is 5.57. The lowest BCUT2D eigenvalue weighted by Gasteiger charge is -2.20. The van der Waals surface area contributed by atoms with E-state index in [4.69, 9.17) is 14.5 Å². The molecule has 0 bridgehead atoms. The van der Waals surface area contributed by atoms with Gasteiger partial charge in [0, 0.05) is 32.0 Å². The number of anilines is 1. The average molecular weight is 426 g/mol. The van der Waals surface area contributed by atoms with Gasteiger partial charge in [0.05, 0.1) is 24.5 Å². The molecule has 4 heterocycles. The fourth-order valence-corrected chi connectivity index (χ4v) is 3.60. The molecule has 5 rings (SSSR count). The first-order chi connectivity index (χ1) is 15.1. The number of halogens is 1. The second kappa shape index (κ2) is 8.10. The van der Waals surface area contributed by atoms with Crippen molar-refractivity contribution in [3.05, 3.63) is 48.2 Å². The van der Waals surface area contributed by atoms with E-state index in [0.717, 1.165) is 51.0 Å². The molecule has 0 spiro atoms. The molecule has 1 amide bonds. The summed E-state index contributed by atoms with van der Waals surface area (Å²) in [5.74, 6) is 0.464. The molecule has 0 radical (unpaired) electrons. The SMILES string of the molecule is O=C(NC1(COc2ccc(F)cn2)CC1)c1cnn2ccc(N3CCCOCC3)nc12. The van der Waals surface area contributed by atoms with Crippen LogP contribution >= 0.6 is 0 Å². The quantitative estimate of drug-likeness (QED) is 0.643. The van der Waals surface area contributed by atoms with Gasteiger partial charge in [0.15, 0.2) is 5.65 Å². The summed E-state index contributed by atoms with van der Waals surface area (Å²) >= 11 is 0. The van der Waals surface area contributed by atoms with Crippen LogP contribution in [0.3, 0.4) is 0 Å². The van der Waals surface area contributed by atoms with E-state index in [2.05, 4.69) is 20.3 Å². The van der Waals surface area contributed by atoms with Crippen molar-refractivity contribution in [2.75, 3.05) is 37.8 Å². The van der Waals surface area contributed by atoms with Crippen LogP contribution in [0, 0.1) is 5.82 Å². The van der Waals surface area contributed by atoms with Crippen LogP contribution in [0.25, 0.3) is 5.65 Å². The average Bonchev–Trinajstić information content (AvgIpc) is 3.49. The lowest BCUT2D eigenvalue weighted by atomic mass is 10.2. The van der Waals surface area contributed by atoms with E-state index < -0.39 is 11.4 Å². The molecule has 31 heavy (non-hydrogen) atoms. The van der Waals surface area contributed by atoms with Crippen molar-refractivity contribution in [3.63, 3.8) is 0 Å². The van der Waals surface area contributed by atoms with Crippen molar-refractivity contribution in [2.24, 2.45) is 0 Å². The van der Waals surface area contributed by atoms with Crippen LogP contribution in [0.5, 0.6) is 5.88 Å². The number of carbonyl (C=O) groups excluding carboxylic acids is 1. The summed E-state index contributed by atoms with van der Waals surface area (Å²) in [5.41, 5.74) is 0.470. The van der Waals surface area contributed by atoms with E-state index in [9.17, 15) is 9.18 Å². The molecule has 0 atom stereocenters. The van der Waals surface area contributed by atoms with Crippen molar-refractivity contribution < 1.29 is 18.7 Å². The molecule has 3 aromatic rings. The van der Waals surface area contributed by atoms with E-state index in [1.54, 1.807) is 4.52 Å². The normalized spacial score (nSPS) is 17.9. The Morgan fingerprint density at radius 3 is 2.94 bits per heavy atom. The largest absolute Gasteiger partial charge is 0.475 e. The number of carbonyl (C=O) groups is 1. The van der Waals surface area contributed by atoms with Gasteiger partial charge < -0.3 is 19.7 Å². The van der Waals surface area contributed by atoms with E-state index in [-0.39, 0.29) is 12.5 Å². The minimum atomic E-state index is -0.457. The molecular weight excluding hydrogens is 403 g/mol. The lowest BCUT2D eigenvalue weighted by molar-refractivity contribution is 0.0913. The Balaban J connectivity index is 1.30. The summed E-state index contributed by atoms with van der Waals surface area (Å²) in [6, 6.07) is 4.66. The number of hydrogen-bond acceptors (Lipinski definition) is 7. The maximum absolute atomic E-state index is 13.0. The van der Waals surface area contributed by atoms with Crippen molar-refractivity contribution in [1.29, 1.82) is 0 Å². The van der Waals surface area contributed by atoms with E-state index in [1.807, 2.05) is 12.3 Å². The topological polar surface area (TPSA) is 93.9 Å². The Morgan fingerprint density at radius 2 is 2.13 bits per heavy atom. The van der Waals surface area contributed by atoms with E-state index in [0.29, 0.717) is 23.7 Å². The van der Waals surface area contributed by atoms with Gasteiger partial charge in [0.25, 0.3) is 5.91 Å². The molecular formula is C21H23FN6O3. The molecule has 1 saturated heterocycles. The van der Waals surface area contributed by atoms with Gasteiger partial charge >= 0.3 is 0 Å². The Bertz CT molecular complexity index is 1070. The van der Waals surface area contributed by atoms with Gasteiger partial charge in [-0.3, -0.25) is 4.79 Å². The summed E-state index contributed by atoms with van der Waals surface area (Å²) in [6.45, 7) is 3.29. The van der Waals surface area contributed by atoms with Crippen molar-refractivity contribution in [2.45, 2.75) is 24.8 Å². The fourth-order valence-electron chi connectivity index (χ4n) is 3.60. The monoisotopic (exact) mass is 426 g/mol. The van der Waals surface area contributed by atoms with Crippen LogP contribution in [-0.2, 0) is 4.74 Å². The highest BCUT2D eigenvalue weighted by molar-refractivity contribution is 6.00. The summed E-state index contributed by atoms with van der Waals surface area (Å²) < 4.78 is 25.8. The van der Waals surface area contributed by atoms with Gasteiger partial charge in [0.2, 0.25) is 5.88 Å². The van der Waals surface area contributed by atoms with Crippen LogP contribution < -0.4 is 15.0 Å². The Morgan fingerprint density at radius 1 is 1.23 bits per heavy atom. The minimum absolute atomic E-state index is 0.244. The minimum Gasteiger partial charge on any atom is -0.475 e. The zero-order chi connectivity index (χ0) is 21.3. The number of ether oxygens (including phenoxy) is 2. The number of nitrogens with zero attached hydrogens (tertiary/aromatic N) is 5. The molecule has 1 aliphatic carbocycles. The molecule has 1 aliphatic heterocycles. The van der Waals surface area contributed by atoms with Crippen molar-refractivity contribution >= 4 is 17.4 Å². The summed E-state index contributed by atoms with van der Waals surface area (Å²) in [5, 5.41) is 7.33. The zero-order valence-electron chi connectivity index (χ0n) is 17.0. The van der Waals surface area contributed by atoms with E-state index >= 15 is 0 Å².